The number of rotatable bonds is 6. The van der Waals surface area contributed by atoms with Crippen molar-refractivity contribution in [1.29, 1.82) is 0 Å². The van der Waals surface area contributed by atoms with E-state index in [9.17, 15) is 9.59 Å². The number of carboxylic acids is 1. The smallest absolute Gasteiger partial charge is 0.328 e. The minimum absolute atomic E-state index is 0.0853. The van der Waals surface area contributed by atoms with E-state index in [1.165, 1.54) is 7.11 Å². The van der Waals surface area contributed by atoms with Gasteiger partial charge in [-0.2, -0.15) is 0 Å². The summed E-state index contributed by atoms with van der Waals surface area (Å²) in [5.41, 5.74) is 0. The van der Waals surface area contributed by atoms with Crippen LogP contribution in [0.3, 0.4) is 0 Å². The van der Waals surface area contributed by atoms with Gasteiger partial charge in [-0.3, -0.25) is 0 Å². The maximum atomic E-state index is 11.1. The minimum Gasteiger partial charge on any atom is -0.480 e. The van der Waals surface area contributed by atoms with Crippen molar-refractivity contribution in [2.24, 2.45) is 0 Å². The Morgan fingerprint density at radius 2 is 2.20 bits per heavy atom. The number of aliphatic carboxylic acids is 1. The second kappa shape index (κ2) is 7.24. The fourth-order valence-electron chi connectivity index (χ4n) is 0.727. The number of carboxylic acid groups (broad SMARTS) is 1. The van der Waals surface area contributed by atoms with Crippen molar-refractivity contribution in [1.82, 2.24) is 10.6 Å². The van der Waals surface area contributed by atoms with Gasteiger partial charge in [0.2, 0.25) is 0 Å². The molecule has 86 valence electrons. The van der Waals surface area contributed by atoms with Gasteiger partial charge in [0.05, 0.1) is 13.2 Å². The second-order valence-corrected chi connectivity index (χ2v) is 3.81. The fraction of sp³-hybridized carbons (Fsp3) is 0.500. The van der Waals surface area contributed by atoms with Gasteiger partial charge >= 0.3 is 12.0 Å². The van der Waals surface area contributed by atoms with Gasteiger partial charge in [-0.1, -0.05) is 22.5 Å². The third-order valence-electron chi connectivity index (χ3n) is 1.38. The predicted octanol–water partition coefficient (Wildman–Crippen LogP) is 0.294. The summed E-state index contributed by atoms with van der Waals surface area (Å²) in [6, 6.07) is -1.64. The van der Waals surface area contributed by atoms with Crippen LogP contribution in [0.25, 0.3) is 0 Å². The van der Waals surface area contributed by atoms with E-state index in [0.717, 1.165) is 0 Å². The van der Waals surface area contributed by atoms with E-state index in [0.29, 0.717) is 4.48 Å². The first-order chi connectivity index (χ1) is 6.97. The molecule has 0 fully saturated rings. The van der Waals surface area contributed by atoms with Crippen LogP contribution in [-0.4, -0.2) is 43.4 Å². The molecule has 0 rings (SSSR count). The molecule has 0 saturated carbocycles. The second-order valence-electron chi connectivity index (χ2n) is 2.69. The predicted molar refractivity (Wildman–Crippen MR) is 57.9 cm³/mol. The molecule has 0 heterocycles. The van der Waals surface area contributed by atoms with Gasteiger partial charge in [-0.25, -0.2) is 9.59 Å². The number of halogens is 1. The summed E-state index contributed by atoms with van der Waals surface area (Å²) in [7, 11) is 1.36. The number of amides is 2. The zero-order valence-corrected chi connectivity index (χ0v) is 9.83. The van der Waals surface area contributed by atoms with Crippen LogP contribution >= 0.6 is 15.9 Å². The van der Waals surface area contributed by atoms with E-state index < -0.39 is 18.0 Å². The Hall–Kier alpha value is -1.08. The average Bonchev–Trinajstić information content (AvgIpc) is 2.14. The normalized spacial score (nSPS) is 11.6. The van der Waals surface area contributed by atoms with E-state index >= 15 is 0 Å². The Kier molecular flexibility index (Phi) is 6.72. The van der Waals surface area contributed by atoms with E-state index in [1.807, 2.05) is 0 Å². The summed E-state index contributed by atoms with van der Waals surface area (Å²) in [5, 5.41) is 13.3. The first-order valence-electron chi connectivity index (χ1n) is 4.06. The summed E-state index contributed by atoms with van der Waals surface area (Å²) in [6.07, 6.45) is 0. The number of nitrogens with one attached hydrogen (secondary N) is 2. The highest BCUT2D eigenvalue weighted by Gasteiger charge is 2.19. The van der Waals surface area contributed by atoms with Gasteiger partial charge in [-0.05, 0) is 0 Å². The number of ether oxygens (including phenoxy) is 1. The highest BCUT2D eigenvalue weighted by Crippen LogP contribution is 1.96. The SMILES string of the molecule is C=C(Br)CNC(=O)NC(COC)C(=O)O. The van der Waals surface area contributed by atoms with Gasteiger partial charge in [0.1, 0.15) is 0 Å². The van der Waals surface area contributed by atoms with Crippen LogP contribution in [-0.2, 0) is 9.53 Å². The molecule has 1 atom stereocenters. The lowest BCUT2D eigenvalue weighted by Gasteiger charge is -2.13. The van der Waals surface area contributed by atoms with Crippen molar-refractivity contribution in [3.63, 3.8) is 0 Å². The van der Waals surface area contributed by atoms with Gasteiger partial charge in [0, 0.05) is 11.6 Å². The average molecular weight is 281 g/mol. The van der Waals surface area contributed by atoms with Crippen molar-refractivity contribution in [3.05, 3.63) is 11.1 Å². The number of hydrogen-bond acceptors (Lipinski definition) is 3. The molecular formula is C8H13BrN2O4. The molecule has 3 N–H and O–H groups in total. The zero-order chi connectivity index (χ0) is 11.8. The summed E-state index contributed by atoms with van der Waals surface area (Å²) < 4.78 is 5.24. The van der Waals surface area contributed by atoms with Gasteiger partial charge in [0.15, 0.2) is 6.04 Å². The Morgan fingerprint density at radius 3 is 2.60 bits per heavy atom. The summed E-state index contributed by atoms with van der Waals surface area (Å²) in [6.45, 7) is 3.65. The summed E-state index contributed by atoms with van der Waals surface area (Å²) in [5.74, 6) is -1.15. The van der Waals surface area contributed by atoms with Crippen LogP contribution in [0.2, 0.25) is 0 Å². The Morgan fingerprint density at radius 1 is 1.60 bits per heavy atom. The Labute approximate surface area is 95.8 Å². The molecule has 0 aliphatic rings. The van der Waals surface area contributed by atoms with Crippen molar-refractivity contribution >= 4 is 27.9 Å². The molecule has 0 aliphatic carbocycles. The molecule has 0 bridgehead atoms. The van der Waals surface area contributed by atoms with Crippen molar-refractivity contribution in [2.45, 2.75) is 6.04 Å². The van der Waals surface area contributed by atoms with E-state index in [-0.39, 0.29) is 13.2 Å². The molecule has 0 spiro atoms. The number of carbonyl (C=O) groups is 2. The quantitative estimate of drug-likeness (QED) is 0.653. The highest BCUT2D eigenvalue weighted by atomic mass is 79.9. The Balaban J connectivity index is 3.99. The number of carbonyl (C=O) groups excluding carboxylic acids is 1. The third kappa shape index (κ3) is 6.92. The van der Waals surface area contributed by atoms with E-state index in [4.69, 9.17) is 5.11 Å². The van der Waals surface area contributed by atoms with Crippen LogP contribution in [0.1, 0.15) is 0 Å². The highest BCUT2D eigenvalue weighted by molar-refractivity contribution is 9.11. The number of methoxy groups -OCH3 is 1. The maximum absolute atomic E-state index is 11.1. The topological polar surface area (TPSA) is 87.7 Å². The van der Waals surface area contributed by atoms with Gasteiger partial charge < -0.3 is 20.5 Å². The number of hydrogen-bond donors (Lipinski definition) is 3. The zero-order valence-electron chi connectivity index (χ0n) is 8.25. The van der Waals surface area contributed by atoms with Crippen molar-refractivity contribution < 1.29 is 19.4 Å². The standard InChI is InChI=1S/C8H13BrN2O4/c1-5(9)3-10-8(14)11-6(4-15-2)7(12)13/h6H,1,3-4H2,2H3,(H,12,13)(H2,10,11,14). The molecule has 0 aromatic heterocycles. The molecule has 7 heteroatoms. The van der Waals surface area contributed by atoms with Crippen molar-refractivity contribution in [3.8, 4) is 0 Å². The third-order valence-corrected chi connectivity index (χ3v) is 1.66. The van der Waals surface area contributed by atoms with Crippen LogP contribution in [0, 0.1) is 0 Å². The minimum atomic E-state index is -1.15. The molecular weight excluding hydrogens is 268 g/mol. The molecule has 15 heavy (non-hydrogen) atoms. The summed E-state index contributed by atoms with van der Waals surface area (Å²) in [4.78, 5) is 21.7. The largest absolute Gasteiger partial charge is 0.480 e. The molecule has 0 aromatic rings. The molecule has 0 radical (unpaired) electrons. The van der Waals surface area contributed by atoms with Crippen molar-refractivity contribution in [2.75, 3.05) is 20.3 Å². The lowest BCUT2D eigenvalue weighted by Crippen LogP contribution is -2.48. The summed E-state index contributed by atoms with van der Waals surface area (Å²) >= 11 is 3.05. The van der Waals surface area contributed by atoms with E-state index in [2.05, 4.69) is 37.9 Å². The molecule has 1 unspecified atom stereocenters. The maximum Gasteiger partial charge on any atom is 0.328 e. The lowest BCUT2D eigenvalue weighted by molar-refractivity contribution is -0.140. The van der Waals surface area contributed by atoms with E-state index in [1.54, 1.807) is 0 Å². The monoisotopic (exact) mass is 280 g/mol. The van der Waals surface area contributed by atoms with Crippen LogP contribution in [0.15, 0.2) is 11.1 Å². The van der Waals surface area contributed by atoms with Crippen LogP contribution < -0.4 is 10.6 Å². The lowest BCUT2D eigenvalue weighted by atomic mass is 10.3. The van der Waals surface area contributed by atoms with Crippen LogP contribution in [0.5, 0.6) is 0 Å². The fourth-order valence-corrected chi connectivity index (χ4v) is 0.867. The van der Waals surface area contributed by atoms with Gasteiger partial charge in [0.25, 0.3) is 0 Å². The first kappa shape index (κ1) is 13.9. The molecule has 6 nitrogen and oxygen atoms in total. The molecule has 0 aliphatic heterocycles. The molecule has 2 amide bonds. The molecule has 0 aromatic carbocycles. The van der Waals surface area contributed by atoms with Gasteiger partial charge in [-0.15, -0.1) is 0 Å². The first-order valence-corrected chi connectivity index (χ1v) is 4.86. The van der Waals surface area contributed by atoms with Crippen LogP contribution in [0.4, 0.5) is 4.79 Å². The number of urea groups is 1. The molecule has 0 saturated heterocycles. The Bertz CT molecular complexity index is 257.